The summed E-state index contributed by atoms with van der Waals surface area (Å²) in [7, 11) is 0. The van der Waals surface area contributed by atoms with Gasteiger partial charge in [-0.05, 0) is 60.8 Å². The summed E-state index contributed by atoms with van der Waals surface area (Å²) in [4.78, 5) is 42.8. The molecule has 5 nitrogen and oxygen atoms in total. The van der Waals surface area contributed by atoms with Crippen LogP contribution in [0, 0.1) is 6.92 Å². The molecule has 0 fully saturated rings. The van der Waals surface area contributed by atoms with Gasteiger partial charge in [-0.15, -0.1) is 0 Å². The van der Waals surface area contributed by atoms with Crippen LogP contribution in [0.5, 0.6) is 0 Å². The van der Waals surface area contributed by atoms with Crippen LogP contribution in [0.15, 0.2) is 84.9 Å². The average molecular weight is 469 g/mol. The largest absolute Gasteiger partial charge is 0.307 e. The normalized spacial score (nSPS) is 12.8. The van der Waals surface area contributed by atoms with Crippen LogP contribution in [0.4, 0.5) is 5.69 Å². The van der Waals surface area contributed by atoms with Crippen molar-refractivity contribution >= 4 is 45.8 Å². The number of carbonyl (C=O) groups excluding carboxylic acids is 3. The Morgan fingerprint density at radius 1 is 0.824 bits per heavy atom. The molecule has 3 amide bonds. The van der Waals surface area contributed by atoms with E-state index in [-0.39, 0.29) is 30.8 Å². The quantitative estimate of drug-likeness (QED) is 0.351. The summed E-state index contributed by atoms with van der Waals surface area (Å²) < 4.78 is 0. The molecule has 1 heterocycles. The Bertz CT molecular complexity index is 1380. The molecule has 0 atom stereocenters. The van der Waals surface area contributed by atoms with Crippen molar-refractivity contribution in [3.63, 3.8) is 0 Å². The van der Waals surface area contributed by atoms with E-state index in [4.69, 9.17) is 11.6 Å². The van der Waals surface area contributed by atoms with Gasteiger partial charge in [0, 0.05) is 45.9 Å². The summed E-state index contributed by atoms with van der Waals surface area (Å²) in [5.74, 6) is -0.936. The van der Waals surface area contributed by atoms with Crippen LogP contribution in [0.1, 0.15) is 36.6 Å². The highest BCUT2D eigenvalue weighted by molar-refractivity contribution is 6.30. The maximum Gasteiger partial charge on any atom is 0.261 e. The molecule has 1 aliphatic rings. The lowest BCUT2D eigenvalue weighted by Crippen LogP contribution is -2.46. The highest BCUT2D eigenvalue weighted by atomic mass is 35.5. The van der Waals surface area contributed by atoms with Gasteiger partial charge in [0.2, 0.25) is 0 Å². The molecule has 0 unspecified atom stereocenters. The van der Waals surface area contributed by atoms with Gasteiger partial charge in [0.25, 0.3) is 17.7 Å². The number of amides is 3. The molecule has 5 rings (SSSR count). The molecule has 0 saturated carbocycles. The van der Waals surface area contributed by atoms with E-state index in [1.807, 2.05) is 55.5 Å². The van der Waals surface area contributed by atoms with Crippen LogP contribution in [-0.2, 0) is 0 Å². The van der Waals surface area contributed by atoms with E-state index in [0.717, 1.165) is 10.9 Å². The third kappa shape index (κ3) is 3.84. The molecule has 1 aliphatic heterocycles. The van der Waals surface area contributed by atoms with Crippen molar-refractivity contribution in [3.05, 3.63) is 112 Å². The minimum Gasteiger partial charge on any atom is -0.307 e. The number of rotatable bonds is 5. The van der Waals surface area contributed by atoms with E-state index in [0.29, 0.717) is 32.8 Å². The predicted octanol–water partition coefficient (Wildman–Crippen LogP) is 5.74. The van der Waals surface area contributed by atoms with Gasteiger partial charge < -0.3 is 4.90 Å². The number of imide groups is 1. The molecule has 168 valence electrons. The second-order valence-corrected chi connectivity index (χ2v) is 8.71. The smallest absolute Gasteiger partial charge is 0.261 e. The summed E-state index contributed by atoms with van der Waals surface area (Å²) in [6.07, 6.45) is 0. The number of benzene rings is 4. The summed E-state index contributed by atoms with van der Waals surface area (Å²) >= 11 is 5.99. The third-order valence-corrected chi connectivity index (χ3v) is 6.34. The van der Waals surface area contributed by atoms with Gasteiger partial charge in [0.15, 0.2) is 0 Å². The van der Waals surface area contributed by atoms with Crippen molar-refractivity contribution in [2.45, 2.75) is 6.92 Å². The van der Waals surface area contributed by atoms with Crippen LogP contribution >= 0.6 is 11.6 Å². The Labute approximate surface area is 202 Å². The van der Waals surface area contributed by atoms with Crippen molar-refractivity contribution in [1.82, 2.24) is 4.90 Å². The highest BCUT2D eigenvalue weighted by Crippen LogP contribution is 2.30. The zero-order valence-electron chi connectivity index (χ0n) is 18.5. The summed E-state index contributed by atoms with van der Waals surface area (Å²) in [5.41, 5.74) is 3.22. The van der Waals surface area contributed by atoms with E-state index in [9.17, 15) is 14.4 Å². The van der Waals surface area contributed by atoms with E-state index < -0.39 is 0 Å². The number of nitrogens with zero attached hydrogens (tertiary/aromatic N) is 2. The van der Waals surface area contributed by atoms with Crippen LogP contribution in [-0.4, -0.2) is 35.7 Å². The van der Waals surface area contributed by atoms with Crippen LogP contribution < -0.4 is 4.90 Å². The first-order valence-electron chi connectivity index (χ1n) is 11.0. The fourth-order valence-electron chi connectivity index (χ4n) is 4.30. The van der Waals surface area contributed by atoms with Gasteiger partial charge in [-0.25, -0.2) is 0 Å². The van der Waals surface area contributed by atoms with Gasteiger partial charge >= 0.3 is 0 Å². The predicted molar refractivity (Wildman–Crippen MR) is 134 cm³/mol. The Kier molecular flexibility index (Phi) is 5.64. The lowest BCUT2D eigenvalue weighted by molar-refractivity contribution is 0.0611. The maximum absolute atomic E-state index is 13.4. The van der Waals surface area contributed by atoms with Crippen molar-refractivity contribution in [3.8, 4) is 0 Å². The Balaban J connectivity index is 1.47. The summed E-state index contributed by atoms with van der Waals surface area (Å²) in [6.45, 7) is 2.19. The zero-order chi connectivity index (χ0) is 23.8. The Hall–Kier alpha value is -3.96. The first kappa shape index (κ1) is 21.9. The van der Waals surface area contributed by atoms with Gasteiger partial charge in [0.05, 0.1) is 0 Å². The van der Waals surface area contributed by atoms with Crippen molar-refractivity contribution in [1.29, 1.82) is 0 Å². The molecule has 6 heteroatoms. The van der Waals surface area contributed by atoms with E-state index in [1.165, 1.54) is 4.90 Å². The van der Waals surface area contributed by atoms with Gasteiger partial charge in [0.1, 0.15) is 0 Å². The van der Waals surface area contributed by atoms with Crippen LogP contribution in [0.25, 0.3) is 10.8 Å². The number of hydrogen-bond donors (Lipinski definition) is 0. The monoisotopic (exact) mass is 468 g/mol. The zero-order valence-corrected chi connectivity index (χ0v) is 19.3. The van der Waals surface area contributed by atoms with E-state index in [1.54, 1.807) is 41.3 Å². The third-order valence-electron chi connectivity index (χ3n) is 6.09. The fraction of sp³-hybridized carbons (Fsp3) is 0.107. The minimum absolute atomic E-state index is 0.0651. The second kappa shape index (κ2) is 8.76. The number of hydrogen-bond acceptors (Lipinski definition) is 3. The van der Waals surface area contributed by atoms with Crippen LogP contribution in [0.2, 0.25) is 5.02 Å². The molecular weight excluding hydrogens is 448 g/mol. The van der Waals surface area contributed by atoms with Gasteiger partial charge in [-0.3, -0.25) is 19.3 Å². The van der Waals surface area contributed by atoms with Crippen molar-refractivity contribution in [2.24, 2.45) is 0 Å². The Morgan fingerprint density at radius 2 is 1.41 bits per heavy atom. The lowest BCUT2D eigenvalue weighted by Gasteiger charge is -2.30. The number of aryl methyl sites for hydroxylation is 1. The summed E-state index contributed by atoms with van der Waals surface area (Å²) in [5, 5.41) is 2.08. The molecule has 0 spiro atoms. The topological polar surface area (TPSA) is 57.7 Å². The standard InChI is InChI=1S/C28H21ClN2O3/c1-18-8-14-22(15-9-18)30(26(32)20-10-12-21(29)13-11-20)16-17-31-27(33)23-6-2-4-19-5-3-7-24(25(19)23)28(31)34/h2-15H,16-17H2,1H3. The molecule has 0 radical (unpaired) electrons. The highest BCUT2D eigenvalue weighted by Gasteiger charge is 2.33. The molecule has 0 N–H and O–H groups in total. The van der Waals surface area contributed by atoms with Gasteiger partial charge in [-0.2, -0.15) is 0 Å². The first-order valence-corrected chi connectivity index (χ1v) is 11.3. The molecule has 34 heavy (non-hydrogen) atoms. The molecule has 0 bridgehead atoms. The minimum atomic E-state index is -0.350. The number of anilines is 1. The lowest BCUT2D eigenvalue weighted by atomic mass is 9.94. The maximum atomic E-state index is 13.4. The van der Waals surface area contributed by atoms with Crippen molar-refractivity contribution in [2.75, 3.05) is 18.0 Å². The number of carbonyl (C=O) groups is 3. The number of halogens is 1. The van der Waals surface area contributed by atoms with E-state index in [2.05, 4.69) is 0 Å². The molecule has 4 aromatic rings. The van der Waals surface area contributed by atoms with Crippen LogP contribution in [0.3, 0.4) is 0 Å². The fourth-order valence-corrected chi connectivity index (χ4v) is 4.43. The molecule has 0 aromatic heterocycles. The Morgan fingerprint density at radius 3 is 2.00 bits per heavy atom. The second-order valence-electron chi connectivity index (χ2n) is 8.27. The molecule has 0 aliphatic carbocycles. The SMILES string of the molecule is Cc1ccc(N(CCN2C(=O)c3cccc4cccc(c34)C2=O)C(=O)c2ccc(Cl)cc2)cc1. The first-order chi connectivity index (χ1) is 16.4. The van der Waals surface area contributed by atoms with Crippen molar-refractivity contribution < 1.29 is 14.4 Å². The van der Waals surface area contributed by atoms with E-state index >= 15 is 0 Å². The average Bonchev–Trinajstić information content (AvgIpc) is 2.85. The molecular formula is C28H21ClN2O3. The van der Waals surface area contributed by atoms with Gasteiger partial charge in [-0.1, -0.05) is 53.6 Å². The molecule has 4 aromatic carbocycles. The summed E-state index contributed by atoms with van der Waals surface area (Å²) in [6, 6.07) is 25.1. The molecule has 0 saturated heterocycles.